The Hall–Kier alpha value is -1.08. The van der Waals surface area contributed by atoms with E-state index in [1.54, 1.807) is 0 Å². The highest BCUT2D eigenvalue weighted by Gasteiger charge is 2.15. The number of hydrogen-bond donors (Lipinski definition) is 1. The molecular weight excluding hydrogens is 214 g/mol. The van der Waals surface area contributed by atoms with Gasteiger partial charge in [-0.2, -0.15) is 5.26 Å². The van der Waals surface area contributed by atoms with Crippen LogP contribution in [0.25, 0.3) is 0 Å². The Balaban J connectivity index is 2.26. The standard InChI is InChI=1S/C13H23N3O/c14-8-4-9-16(11-13(15)17)10-7-12-5-2-1-3-6-12/h12H,1-7,9-11H2,(H2,15,17). The monoisotopic (exact) mass is 237 g/mol. The lowest BCUT2D eigenvalue weighted by molar-refractivity contribution is -0.119. The average molecular weight is 237 g/mol. The Bertz CT molecular complexity index is 266. The molecule has 0 saturated heterocycles. The van der Waals surface area contributed by atoms with Crippen LogP contribution in [0, 0.1) is 17.2 Å². The number of nitrogens with zero attached hydrogens (tertiary/aromatic N) is 2. The molecule has 0 aromatic carbocycles. The van der Waals surface area contributed by atoms with Crippen LogP contribution in [-0.2, 0) is 4.79 Å². The number of rotatable bonds is 7. The van der Waals surface area contributed by atoms with Gasteiger partial charge in [-0.15, -0.1) is 0 Å². The van der Waals surface area contributed by atoms with E-state index in [9.17, 15) is 4.79 Å². The maximum atomic E-state index is 10.9. The molecule has 0 bridgehead atoms. The number of hydrogen-bond acceptors (Lipinski definition) is 3. The van der Waals surface area contributed by atoms with Crippen LogP contribution in [-0.4, -0.2) is 30.4 Å². The van der Waals surface area contributed by atoms with Gasteiger partial charge in [0.25, 0.3) is 0 Å². The van der Waals surface area contributed by atoms with Gasteiger partial charge >= 0.3 is 0 Å². The predicted octanol–water partition coefficient (Wildman–Crippen LogP) is 1.66. The van der Waals surface area contributed by atoms with E-state index in [4.69, 9.17) is 11.0 Å². The quantitative estimate of drug-likeness (QED) is 0.732. The van der Waals surface area contributed by atoms with E-state index in [1.807, 2.05) is 4.90 Å². The molecule has 0 radical (unpaired) electrons. The highest BCUT2D eigenvalue weighted by atomic mass is 16.1. The maximum Gasteiger partial charge on any atom is 0.231 e. The molecule has 17 heavy (non-hydrogen) atoms. The summed E-state index contributed by atoms with van der Waals surface area (Å²) in [6, 6.07) is 2.12. The van der Waals surface area contributed by atoms with Crippen LogP contribution in [0.15, 0.2) is 0 Å². The minimum atomic E-state index is -0.299. The third-order valence-corrected chi connectivity index (χ3v) is 3.50. The van der Waals surface area contributed by atoms with Gasteiger partial charge < -0.3 is 5.73 Å². The first-order valence-electron chi connectivity index (χ1n) is 6.60. The van der Waals surface area contributed by atoms with Gasteiger partial charge in [-0.3, -0.25) is 9.69 Å². The Morgan fingerprint density at radius 2 is 2.00 bits per heavy atom. The first-order valence-corrected chi connectivity index (χ1v) is 6.60. The van der Waals surface area contributed by atoms with E-state index in [-0.39, 0.29) is 12.5 Å². The van der Waals surface area contributed by atoms with Gasteiger partial charge in [-0.05, 0) is 18.9 Å². The van der Waals surface area contributed by atoms with Gasteiger partial charge in [0.1, 0.15) is 0 Å². The lowest BCUT2D eigenvalue weighted by Gasteiger charge is -2.25. The Labute approximate surface area is 104 Å². The van der Waals surface area contributed by atoms with Crippen molar-refractivity contribution in [3.8, 4) is 6.07 Å². The van der Waals surface area contributed by atoms with Crippen LogP contribution < -0.4 is 5.73 Å². The summed E-state index contributed by atoms with van der Waals surface area (Å²) in [6.07, 6.45) is 8.31. The molecule has 0 aromatic rings. The van der Waals surface area contributed by atoms with Crippen LogP contribution in [0.3, 0.4) is 0 Å². The molecule has 0 aromatic heterocycles. The van der Waals surface area contributed by atoms with E-state index in [1.165, 1.54) is 32.1 Å². The molecule has 1 fully saturated rings. The molecule has 1 saturated carbocycles. The van der Waals surface area contributed by atoms with Gasteiger partial charge in [0.15, 0.2) is 0 Å². The summed E-state index contributed by atoms with van der Waals surface area (Å²) >= 11 is 0. The molecule has 0 aliphatic heterocycles. The maximum absolute atomic E-state index is 10.9. The van der Waals surface area contributed by atoms with E-state index >= 15 is 0 Å². The molecule has 4 heteroatoms. The molecular formula is C13H23N3O. The molecule has 1 aliphatic rings. The fourth-order valence-electron chi connectivity index (χ4n) is 2.54. The van der Waals surface area contributed by atoms with Crippen molar-refractivity contribution in [2.24, 2.45) is 11.7 Å². The zero-order chi connectivity index (χ0) is 12.5. The molecule has 2 N–H and O–H groups in total. The SMILES string of the molecule is N#CCCN(CCC1CCCCC1)CC(N)=O. The zero-order valence-electron chi connectivity index (χ0n) is 10.5. The normalized spacial score (nSPS) is 16.9. The number of carbonyl (C=O) groups excluding carboxylic acids is 1. The van der Waals surface area contributed by atoms with Crippen LogP contribution in [0.2, 0.25) is 0 Å². The Kier molecular flexibility index (Phi) is 6.64. The van der Waals surface area contributed by atoms with Crippen molar-refractivity contribution in [2.45, 2.75) is 44.9 Å². The van der Waals surface area contributed by atoms with Crippen molar-refractivity contribution in [3.05, 3.63) is 0 Å². The summed E-state index contributed by atoms with van der Waals surface area (Å²) in [7, 11) is 0. The van der Waals surface area contributed by atoms with Gasteiger partial charge in [0.2, 0.25) is 5.91 Å². The molecule has 4 nitrogen and oxygen atoms in total. The number of nitrogens with two attached hydrogens (primary N) is 1. The van der Waals surface area contributed by atoms with Gasteiger partial charge in [0, 0.05) is 13.0 Å². The fourth-order valence-corrected chi connectivity index (χ4v) is 2.54. The third kappa shape index (κ3) is 6.28. The highest BCUT2D eigenvalue weighted by molar-refractivity contribution is 5.75. The number of nitriles is 1. The summed E-state index contributed by atoms with van der Waals surface area (Å²) in [4.78, 5) is 12.9. The summed E-state index contributed by atoms with van der Waals surface area (Å²) in [5.74, 6) is 0.507. The van der Waals surface area contributed by atoms with Crippen molar-refractivity contribution in [2.75, 3.05) is 19.6 Å². The molecule has 0 unspecified atom stereocenters. The summed E-state index contributed by atoms with van der Waals surface area (Å²) in [5.41, 5.74) is 5.21. The fraction of sp³-hybridized carbons (Fsp3) is 0.846. The predicted molar refractivity (Wildman–Crippen MR) is 67.1 cm³/mol. The molecule has 1 amide bonds. The number of amides is 1. The van der Waals surface area contributed by atoms with Crippen molar-refractivity contribution in [3.63, 3.8) is 0 Å². The van der Waals surface area contributed by atoms with Crippen molar-refractivity contribution in [1.82, 2.24) is 4.90 Å². The van der Waals surface area contributed by atoms with Gasteiger partial charge in [-0.25, -0.2) is 0 Å². The molecule has 1 rings (SSSR count). The topological polar surface area (TPSA) is 70.1 Å². The van der Waals surface area contributed by atoms with Crippen LogP contribution in [0.5, 0.6) is 0 Å². The average Bonchev–Trinajstić information content (AvgIpc) is 2.33. The molecule has 1 aliphatic carbocycles. The first-order chi connectivity index (χ1) is 8.22. The highest BCUT2D eigenvalue weighted by Crippen LogP contribution is 2.26. The zero-order valence-corrected chi connectivity index (χ0v) is 10.5. The third-order valence-electron chi connectivity index (χ3n) is 3.50. The van der Waals surface area contributed by atoms with Crippen LogP contribution in [0.4, 0.5) is 0 Å². The van der Waals surface area contributed by atoms with Gasteiger partial charge in [0.05, 0.1) is 12.6 Å². The summed E-state index contributed by atoms with van der Waals surface area (Å²) in [5, 5.41) is 8.57. The van der Waals surface area contributed by atoms with E-state index in [0.717, 1.165) is 18.9 Å². The summed E-state index contributed by atoms with van der Waals surface area (Å²) < 4.78 is 0. The molecule has 96 valence electrons. The molecule has 0 atom stereocenters. The van der Waals surface area contributed by atoms with Crippen molar-refractivity contribution in [1.29, 1.82) is 5.26 Å². The second kappa shape index (κ2) is 8.08. The van der Waals surface area contributed by atoms with Crippen molar-refractivity contribution < 1.29 is 4.79 Å². The smallest absolute Gasteiger partial charge is 0.231 e. The van der Waals surface area contributed by atoms with E-state index in [2.05, 4.69) is 6.07 Å². The second-order valence-electron chi connectivity index (χ2n) is 4.94. The second-order valence-corrected chi connectivity index (χ2v) is 4.94. The Morgan fingerprint density at radius 3 is 2.59 bits per heavy atom. The number of carbonyl (C=O) groups is 1. The van der Waals surface area contributed by atoms with Crippen LogP contribution in [0.1, 0.15) is 44.9 Å². The lowest BCUT2D eigenvalue weighted by atomic mass is 9.87. The van der Waals surface area contributed by atoms with E-state index < -0.39 is 0 Å². The molecule has 0 spiro atoms. The van der Waals surface area contributed by atoms with E-state index in [0.29, 0.717) is 13.0 Å². The minimum Gasteiger partial charge on any atom is -0.369 e. The molecule has 0 heterocycles. The lowest BCUT2D eigenvalue weighted by Crippen LogP contribution is -2.35. The Morgan fingerprint density at radius 1 is 1.29 bits per heavy atom. The first kappa shape index (κ1) is 14.0. The van der Waals surface area contributed by atoms with Crippen molar-refractivity contribution >= 4 is 5.91 Å². The largest absolute Gasteiger partial charge is 0.369 e. The summed E-state index contributed by atoms with van der Waals surface area (Å²) in [6.45, 7) is 1.84. The minimum absolute atomic E-state index is 0.286. The number of primary amides is 1. The van der Waals surface area contributed by atoms with Gasteiger partial charge in [-0.1, -0.05) is 32.1 Å². The van der Waals surface area contributed by atoms with Crippen LogP contribution >= 0.6 is 0 Å².